The smallest absolute Gasteiger partial charge is 0.0585 e. The first-order valence-electron chi connectivity index (χ1n) is 8.16. The van der Waals surface area contributed by atoms with E-state index in [9.17, 15) is 5.11 Å². The lowest BCUT2D eigenvalue weighted by Crippen LogP contribution is -2.39. The second-order valence-electron chi connectivity index (χ2n) is 6.97. The molecule has 1 saturated carbocycles. The second kappa shape index (κ2) is 5.77. The predicted molar refractivity (Wildman–Crippen MR) is 84.0 cm³/mol. The van der Waals surface area contributed by atoms with Crippen LogP contribution in [0.15, 0.2) is 24.3 Å². The minimum absolute atomic E-state index is 0.0993. The van der Waals surface area contributed by atoms with Crippen LogP contribution < -0.4 is 4.90 Å². The molecule has 1 fully saturated rings. The van der Waals surface area contributed by atoms with Crippen molar-refractivity contribution in [1.29, 1.82) is 0 Å². The van der Waals surface area contributed by atoms with Crippen molar-refractivity contribution in [1.82, 2.24) is 0 Å². The highest BCUT2D eigenvalue weighted by Crippen LogP contribution is 2.36. The van der Waals surface area contributed by atoms with Gasteiger partial charge in [0.05, 0.1) is 6.10 Å². The number of rotatable bonds is 3. The Labute approximate surface area is 122 Å². The van der Waals surface area contributed by atoms with Gasteiger partial charge >= 0.3 is 0 Å². The summed E-state index contributed by atoms with van der Waals surface area (Å²) in [5.74, 6) is 1.99. The number of aliphatic hydroxyl groups excluding tert-OH is 1. The third kappa shape index (κ3) is 2.71. The summed E-state index contributed by atoms with van der Waals surface area (Å²) in [6.45, 7) is 6.80. The molecule has 3 atom stereocenters. The topological polar surface area (TPSA) is 23.5 Å². The number of aliphatic hydroxyl groups is 1. The first kappa shape index (κ1) is 13.9. The Morgan fingerprint density at radius 3 is 2.85 bits per heavy atom. The Morgan fingerprint density at radius 2 is 2.05 bits per heavy atom. The molecule has 3 unspecified atom stereocenters. The summed E-state index contributed by atoms with van der Waals surface area (Å²) in [7, 11) is 0. The zero-order chi connectivity index (χ0) is 14.1. The molecule has 3 rings (SSSR count). The molecule has 20 heavy (non-hydrogen) atoms. The fraction of sp³-hybridized carbons (Fsp3) is 0.667. The number of hydrogen-bond donors (Lipinski definition) is 1. The predicted octanol–water partition coefficient (Wildman–Crippen LogP) is 3.48. The van der Waals surface area contributed by atoms with Gasteiger partial charge in [-0.25, -0.2) is 0 Å². The Hall–Kier alpha value is -1.02. The molecule has 0 bridgehead atoms. The number of benzene rings is 1. The molecule has 1 aliphatic heterocycles. The Balaban J connectivity index is 1.68. The maximum absolute atomic E-state index is 10.4. The van der Waals surface area contributed by atoms with E-state index in [-0.39, 0.29) is 6.10 Å². The number of fused-ring (bicyclic) bond motifs is 1. The van der Waals surface area contributed by atoms with Gasteiger partial charge in [0.1, 0.15) is 0 Å². The molecule has 2 nitrogen and oxygen atoms in total. The van der Waals surface area contributed by atoms with E-state index in [0.717, 1.165) is 37.8 Å². The Kier molecular flexibility index (Phi) is 4.02. The van der Waals surface area contributed by atoms with Gasteiger partial charge in [-0.2, -0.15) is 0 Å². The summed E-state index contributed by atoms with van der Waals surface area (Å²) in [6.07, 6.45) is 4.44. The van der Waals surface area contributed by atoms with Gasteiger partial charge in [-0.15, -0.1) is 0 Å². The van der Waals surface area contributed by atoms with E-state index in [0.29, 0.717) is 5.92 Å². The van der Waals surface area contributed by atoms with Crippen molar-refractivity contribution >= 4 is 5.69 Å². The lowest BCUT2D eigenvalue weighted by molar-refractivity contribution is 0.0411. The third-order valence-corrected chi connectivity index (χ3v) is 5.36. The van der Waals surface area contributed by atoms with Crippen molar-refractivity contribution < 1.29 is 5.11 Å². The average molecular weight is 273 g/mol. The van der Waals surface area contributed by atoms with Crippen molar-refractivity contribution in [3.05, 3.63) is 29.8 Å². The van der Waals surface area contributed by atoms with Crippen LogP contribution in [0.1, 0.15) is 38.7 Å². The molecule has 1 aliphatic carbocycles. The molecule has 2 aliphatic rings. The second-order valence-corrected chi connectivity index (χ2v) is 6.97. The van der Waals surface area contributed by atoms with Gasteiger partial charge in [0, 0.05) is 24.7 Å². The lowest BCUT2D eigenvalue weighted by atomic mass is 9.74. The molecule has 110 valence electrons. The molecule has 0 radical (unpaired) electrons. The molecule has 1 aromatic carbocycles. The van der Waals surface area contributed by atoms with Crippen LogP contribution in [-0.2, 0) is 6.42 Å². The van der Waals surface area contributed by atoms with Crippen LogP contribution in [0.2, 0.25) is 0 Å². The fourth-order valence-electron chi connectivity index (χ4n) is 3.97. The third-order valence-electron chi connectivity index (χ3n) is 5.36. The largest absolute Gasteiger partial charge is 0.393 e. The summed E-state index contributed by atoms with van der Waals surface area (Å²) in [4.78, 5) is 2.49. The van der Waals surface area contributed by atoms with Crippen molar-refractivity contribution in [3.63, 3.8) is 0 Å². The highest BCUT2D eigenvalue weighted by atomic mass is 16.3. The van der Waals surface area contributed by atoms with Crippen molar-refractivity contribution in [2.75, 3.05) is 18.0 Å². The van der Waals surface area contributed by atoms with Crippen LogP contribution in [0.3, 0.4) is 0 Å². The molecule has 0 aromatic heterocycles. The highest BCUT2D eigenvalue weighted by molar-refractivity contribution is 5.57. The van der Waals surface area contributed by atoms with Gasteiger partial charge in [-0.3, -0.25) is 0 Å². The maximum atomic E-state index is 10.4. The Morgan fingerprint density at radius 1 is 1.25 bits per heavy atom. The average Bonchev–Trinajstić information content (AvgIpc) is 2.84. The van der Waals surface area contributed by atoms with Gasteiger partial charge < -0.3 is 10.0 Å². The molecule has 1 aromatic rings. The van der Waals surface area contributed by atoms with Crippen LogP contribution in [-0.4, -0.2) is 24.3 Å². The van der Waals surface area contributed by atoms with Crippen molar-refractivity contribution in [2.45, 2.75) is 45.6 Å². The summed E-state index contributed by atoms with van der Waals surface area (Å²) < 4.78 is 0. The Bertz CT molecular complexity index is 456. The number of anilines is 1. The molecule has 2 heteroatoms. The van der Waals surface area contributed by atoms with Gasteiger partial charge in [-0.1, -0.05) is 32.0 Å². The molecule has 1 heterocycles. The maximum Gasteiger partial charge on any atom is 0.0585 e. The van der Waals surface area contributed by atoms with Gasteiger partial charge in [-0.05, 0) is 49.1 Å². The summed E-state index contributed by atoms with van der Waals surface area (Å²) in [5, 5.41) is 10.4. The SMILES string of the molecule is CC(C)C1CCC(O)C(CN2CCc3ccccc32)C1. The van der Waals surface area contributed by atoms with Gasteiger partial charge in [0.2, 0.25) is 0 Å². The molecule has 0 amide bonds. The zero-order valence-corrected chi connectivity index (χ0v) is 12.8. The molecule has 1 N–H and O–H groups in total. The number of hydrogen-bond acceptors (Lipinski definition) is 2. The minimum Gasteiger partial charge on any atom is -0.393 e. The van der Waals surface area contributed by atoms with Crippen LogP contribution in [0, 0.1) is 17.8 Å². The summed E-state index contributed by atoms with van der Waals surface area (Å²) >= 11 is 0. The van der Waals surface area contributed by atoms with Crippen LogP contribution in [0.4, 0.5) is 5.69 Å². The normalized spacial score (nSPS) is 29.8. The van der Waals surface area contributed by atoms with E-state index in [1.165, 1.54) is 24.1 Å². The molecular weight excluding hydrogens is 246 g/mol. The van der Waals surface area contributed by atoms with Crippen molar-refractivity contribution in [3.8, 4) is 0 Å². The number of nitrogens with zero attached hydrogens (tertiary/aromatic N) is 1. The van der Waals surface area contributed by atoms with Crippen molar-refractivity contribution in [2.24, 2.45) is 17.8 Å². The van der Waals surface area contributed by atoms with Gasteiger partial charge in [0.25, 0.3) is 0 Å². The van der Waals surface area contributed by atoms with Crippen LogP contribution >= 0.6 is 0 Å². The van der Waals surface area contributed by atoms with E-state index < -0.39 is 0 Å². The summed E-state index contributed by atoms with van der Waals surface area (Å²) in [6, 6.07) is 8.74. The first-order chi connectivity index (χ1) is 9.65. The zero-order valence-electron chi connectivity index (χ0n) is 12.8. The molecular formula is C18H27NO. The fourth-order valence-corrected chi connectivity index (χ4v) is 3.97. The van der Waals surface area contributed by atoms with E-state index >= 15 is 0 Å². The van der Waals surface area contributed by atoms with E-state index in [4.69, 9.17) is 0 Å². The standard InChI is InChI=1S/C18H27NO/c1-13(2)15-7-8-18(20)16(11-15)12-19-10-9-14-5-3-4-6-17(14)19/h3-6,13,15-16,18,20H,7-12H2,1-2H3. The van der Waals surface area contributed by atoms with E-state index in [1.54, 1.807) is 0 Å². The molecule has 0 saturated heterocycles. The highest BCUT2D eigenvalue weighted by Gasteiger charge is 2.33. The quantitative estimate of drug-likeness (QED) is 0.911. The van der Waals surface area contributed by atoms with Crippen LogP contribution in [0.25, 0.3) is 0 Å². The van der Waals surface area contributed by atoms with Crippen LogP contribution in [0.5, 0.6) is 0 Å². The minimum atomic E-state index is -0.0993. The van der Waals surface area contributed by atoms with Gasteiger partial charge in [0.15, 0.2) is 0 Å². The number of para-hydroxylation sites is 1. The summed E-state index contributed by atoms with van der Waals surface area (Å²) in [5.41, 5.74) is 2.87. The van der Waals surface area contributed by atoms with E-state index in [1.807, 2.05) is 0 Å². The molecule has 0 spiro atoms. The van der Waals surface area contributed by atoms with E-state index in [2.05, 4.69) is 43.0 Å². The first-order valence-corrected chi connectivity index (χ1v) is 8.16. The lowest BCUT2D eigenvalue weighted by Gasteiger charge is -2.37. The monoisotopic (exact) mass is 273 g/mol.